The van der Waals surface area contributed by atoms with E-state index in [0.717, 1.165) is 5.56 Å². The molecular formula is C23H18N4O3S. The lowest BCUT2D eigenvalue weighted by Crippen LogP contribution is -2.26. The molecule has 0 aliphatic rings. The van der Waals surface area contributed by atoms with E-state index in [1.165, 1.54) is 11.3 Å². The van der Waals surface area contributed by atoms with Crippen LogP contribution >= 0.6 is 11.3 Å². The zero-order valence-electron chi connectivity index (χ0n) is 16.9. The van der Waals surface area contributed by atoms with Crippen molar-refractivity contribution in [1.29, 1.82) is 0 Å². The Hall–Kier alpha value is -3.91. The molecule has 4 rings (SSSR count). The minimum Gasteiger partial charge on any atom is -0.422 e. The van der Waals surface area contributed by atoms with Gasteiger partial charge < -0.3 is 9.64 Å². The van der Waals surface area contributed by atoms with Crippen LogP contribution in [0.25, 0.3) is 10.8 Å². The standard InChI is InChI=1S/C23H18N4O3S/c1-15-4-6-16(7-5-15)22(28)27(2)17-8-10-18(11-9-17)30-23(29)19-14-31-21(26-19)20-24-12-3-13-25-20/h3-14H,1-2H3. The Balaban J connectivity index is 1.42. The van der Waals surface area contributed by atoms with E-state index in [-0.39, 0.29) is 11.6 Å². The Morgan fingerprint density at radius 2 is 1.65 bits per heavy atom. The maximum atomic E-state index is 12.6. The number of esters is 1. The number of nitrogens with zero attached hydrogens (tertiary/aromatic N) is 4. The molecule has 0 unspecified atom stereocenters. The Bertz CT molecular complexity index is 1210. The molecule has 8 heteroatoms. The van der Waals surface area contributed by atoms with E-state index in [9.17, 15) is 9.59 Å². The van der Waals surface area contributed by atoms with E-state index in [4.69, 9.17) is 4.74 Å². The SMILES string of the molecule is Cc1ccc(C(=O)N(C)c2ccc(OC(=O)c3csc(-c4ncccn4)n3)cc2)cc1. The molecule has 2 aromatic carbocycles. The van der Waals surface area contributed by atoms with Crippen LogP contribution in [0.3, 0.4) is 0 Å². The third-order valence-corrected chi connectivity index (χ3v) is 5.35. The van der Waals surface area contributed by atoms with Crippen molar-refractivity contribution in [1.82, 2.24) is 15.0 Å². The van der Waals surface area contributed by atoms with Crippen LogP contribution in [-0.4, -0.2) is 33.9 Å². The zero-order chi connectivity index (χ0) is 21.8. The molecule has 4 aromatic rings. The molecular weight excluding hydrogens is 412 g/mol. The fourth-order valence-corrected chi connectivity index (χ4v) is 3.52. The number of rotatable bonds is 5. The summed E-state index contributed by atoms with van der Waals surface area (Å²) in [6, 6.07) is 15.8. The van der Waals surface area contributed by atoms with E-state index in [1.54, 1.807) is 72.2 Å². The van der Waals surface area contributed by atoms with Gasteiger partial charge in [-0.2, -0.15) is 0 Å². The van der Waals surface area contributed by atoms with Gasteiger partial charge in [-0.05, 0) is 49.4 Å². The Labute approximate surface area is 183 Å². The van der Waals surface area contributed by atoms with E-state index >= 15 is 0 Å². The van der Waals surface area contributed by atoms with Gasteiger partial charge in [0.2, 0.25) is 0 Å². The van der Waals surface area contributed by atoms with Crippen LogP contribution in [0, 0.1) is 6.92 Å². The maximum Gasteiger partial charge on any atom is 0.363 e. The summed E-state index contributed by atoms with van der Waals surface area (Å²) >= 11 is 1.27. The van der Waals surface area contributed by atoms with Gasteiger partial charge in [-0.25, -0.2) is 19.7 Å². The first-order valence-electron chi connectivity index (χ1n) is 9.41. The molecule has 2 aromatic heterocycles. The highest BCUT2D eigenvalue weighted by Crippen LogP contribution is 2.23. The summed E-state index contributed by atoms with van der Waals surface area (Å²) in [6.07, 6.45) is 3.23. The molecule has 154 valence electrons. The first-order chi connectivity index (χ1) is 15.0. The van der Waals surface area contributed by atoms with Crippen LogP contribution in [0.4, 0.5) is 5.69 Å². The van der Waals surface area contributed by atoms with Crippen molar-refractivity contribution in [2.75, 3.05) is 11.9 Å². The van der Waals surface area contributed by atoms with Gasteiger partial charge in [0.25, 0.3) is 5.91 Å². The van der Waals surface area contributed by atoms with Crippen LogP contribution in [-0.2, 0) is 0 Å². The number of thiazole rings is 1. The average molecular weight is 430 g/mol. The number of carbonyl (C=O) groups excluding carboxylic acids is 2. The van der Waals surface area contributed by atoms with Gasteiger partial charge in [0.15, 0.2) is 16.5 Å². The van der Waals surface area contributed by atoms with Gasteiger partial charge >= 0.3 is 5.97 Å². The number of hydrogen-bond donors (Lipinski definition) is 0. The molecule has 0 aliphatic carbocycles. The third-order valence-electron chi connectivity index (χ3n) is 4.51. The molecule has 0 saturated heterocycles. The van der Waals surface area contributed by atoms with Gasteiger partial charge in [0, 0.05) is 36.1 Å². The summed E-state index contributed by atoms with van der Waals surface area (Å²) < 4.78 is 5.40. The summed E-state index contributed by atoms with van der Waals surface area (Å²) in [6.45, 7) is 1.97. The third kappa shape index (κ3) is 4.65. The minimum absolute atomic E-state index is 0.122. The molecule has 2 heterocycles. The van der Waals surface area contributed by atoms with E-state index in [1.807, 2.05) is 19.1 Å². The maximum absolute atomic E-state index is 12.6. The second kappa shape index (κ2) is 8.85. The number of ether oxygens (including phenoxy) is 1. The summed E-state index contributed by atoms with van der Waals surface area (Å²) in [4.78, 5) is 39.1. The molecule has 0 bridgehead atoms. The lowest BCUT2D eigenvalue weighted by molar-refractivity contribution is 0.0729. The van der Waals surface area contributed by atoms with Crippen LogP contribution in [0.5, 0.6) is 5.75 Å². The fourth-order valence-electron chi connectivity index (χ4n) is 2.78. The first kappa shape index (κ1) is 20.4. The van der Waals surface area contributed by atoms with Gasteiger partial charge in [-0.15, -0.1) is 11.3 Å². The number of benzene rings is 2. The second-order valence-corrected chi connectivity index (χ2v) is 7.58. The largest absolute Gasteiger partial charge is 0.422 e. The number of aryl methyl sites for hydroxylation is 1. The molecule has 31 heavy (non-hydrogen) atoms. The summed E-state index contributed by atoms with van der Waals surface area (Å²) in [5.74, 6) is 0.116. The van der Waals surface area contributed by atoms with Crippen molar-refractivity contribution >= 4 is 28.9 Å². The number of aromatic nitrogens is 3. The van der Waals surface area contributed by atoms with Crippen molar-refractivity contribution in [3.05, 3.63) is 89.2 Å². The van der Waals surface area contributed by atoms with Gasteiger partial charge in [-0.3, -0.25) is 4.79 Å². The van der Waals surface area contributed by atoms with Crippen LogP contribution in [0.15, 0.2) is 72.4 Å². The van der Waals surface area contributed by atoms with E-state index in [2.05, 4.69) is 15.0 Å². The Morgan fingerprint density at radius 1 is 0.968 bits per heavy atom. The average Bonchev–Trinajstić information content (AvgIpc) is 3.30. The Morgan fingerprint density at radius 3 is 2.32 bits per heavy atom. The summed E-state index contributed by atoms with van der Waals surface area (Å²) in [5, 5.41) is 2.15. The lowest BCUT2D eigenvalue weighted by Gasteiger charge is -2.18. The molecule has 0 saturated carbocycles. The monoisotopic (exact) mass is 430 g/mol. The predicted octanol–water partition coefficient (Wildman–Crippen LogP) is 4.40. The van der Waals surface area contributed by atoms with Gasteiger partial charge in [0.05, 0.1) is 0 Å². The molecule has 0 N–H and O–H groups in total. The Kier molecular flexibility index (Phi) is 5.81. The van der Waals surface area contributed by atoms with Crippen molar-refractivity contribution in [3.63, 3.8) is 0 Å². The molecule has 0 aliphatic heterocycles. The number of anilines is 1. The smallest absolute Gasteiger partial charge is 0.363 e. The van der Waals surface area contributed by atoms with Crippen molar-refractivity contribution < 1.29 is 14.3 Å². The normalized spacial score (nSPS) is 10.5. The second-order valence-electron chi connectivity index (χ2n) is 6.72. The van der Waals surface area contributed by atoms with Crippen molar-refractivity contribution in [2.45, 2.75) is 6.92 Å². The highest BCUT2D eigenvalue weighted by atomic mass is 32.1. The molecule has 1 amide bonds. The summed E-state index contributed by atoms with van der Waals surface area (Å²) in [5.41, 5.74) is 2.56. The topological polar surface area (TPSA) is 85.3 Å². The molecule has 0 atom stereocenters. The van der Waals surface area contributed by atoms with Gasteiger partial charge in [-0.1, -0.05) is 17.7 Å². The fraction of sp³-hybridized carbons (Fsp3) is 0.0870. The highest BCUT2D eigenvalue weighted by molar-refractivity contribution is 7.13. The minimum atomic E-state index is -0.574. The molecule has 0 spiro atoms. The quantitative estimate of drug-likeness (QED) is 0.345. The number of amides is 1. The van der Waals surface area contributed by atoms with E-state index in [0.29, 0.717) is 27.8 Å². The van der Waals surface area contributed by atoms with Crippen molar-refractivity contribution in [3.8, 4) is 16.6 Å². The van der Waals surface area contributed by atoms with Crippen LogP contribution in [0.2, 0.25) is 0 Å². The van der Waals surface area contributed by atoms with Crippen molar-refractivity contribution in [2.24, 2.45) is 0 Å². The van der Waals surface area contributed by atoms with E-state index < -0.39 is 5.97 Å². The number of hydrogen-bond acceptors (Lipinski definition) is 7. The highest BCUT2D eigenvalue weighted by Gasteiger charge is 2.17. The first-order valence-corrected chi connectivity index (χ1v) is 10.3. The molecule has 7 nitrogen and oxygen atoms in total. The zero-order valence-corrected chi connectivity index (χ0v) is 17.7. The molecule has 0 fully saturated rings. The predicted molar refractivity (Wildman–Crippen MR) is 118 cm³/mol. The van der Waals surface area contributed by atoms with Gasteiger partial charge in [0.1, 0.15) is 5.75 Å². The van der Waals surface area contributed by atoms with Crippen LogP contribution in [0.1, 0.15) is 26.4 Å². The number of carbonyl (C=O) groups is 2. The lowest BCUT2D eigenvalue weighted by atomic mass is 10.1. The molecule has 0 radical (unpaired) electrons. The summed E-state index contributed by atoms with van der Waals surface area (Å²) in [7, 11) is 1.70. The van der Waals surface area contributed by atoms with Crippen LogP contribution < -0.4 is 9.64 Å².